The van der Waals surface area contributed by atoms with Crippen LogP contribution in [0.4, 0.5) is 0 Å². The standard InChI is InChI=1S/C19H26N2O3/c1-13-14(2)20-18-5-4-15(12-17(13)18)19(23)21-8-6-16(7-9-21)24-11-3-10-22/h4-5,12,16,20,22H,3,6-11H2,1-2H3. The van der Waals surface area contributed by atoms with Crippen molar-refractivity contribution in [3.63, 3.8) is 0 Å². The molecule has 0 spiro atoms. The molecular weight excluding hydrogens is 304 g/mol. The van der Waals surface area contributed by atoms with Crippen LogP contribution in [0.25, 0.3) is 10.9 Å². The third-order valence-electron chi connectivity index (χ3n) is 4.94. The maximum absolute atomic E-state index is 12.8. The van der Waals surface area contributed by atoms with Gasteiger partial charge in [0.2, 0.25) is 0 Å². The molecular formula is C19H26N2O3. The number of piperidine rings is 1. The van der Waals surface area contributed by atoms with Gasteiger partial charge in [-0.15, -0.1) is 0 Å². The summed E-state index contributed by atoms with van der Waals surface area (Å²) in [7, 11) is 0. The molecule has 0 radical (unpaired) electrons. The lowest BCUT2D eigenvalue weighted by molar-refractivity contribution is 0.00398. The van der Waals surface area contributed by atoms with Crippen LogP contribution in [-0.4, -0.2) is 53.3 Å². The van der Waals surface area contributed by atoms with Crippen LogP contribution in [0, 0.1) is 13.8 Å². The number of fused-ring (bicyclic) bond motifs is 1. The summed E-state index contributed by atoms with van der Waals surface area (Å²) in [6.45, 7) is 6.35. The number of aliphatic hydroxyl groups is 1. The summed E-state index contributed by atoms with van der Waals surface area (Å²) >= 11 is 0. The van der Waals surface area contributed by atoms with E-state index in [4.69, 9.17) is 9.84 Å². The predicted octanol–water partition coefficient (Wildman–Crippen LogP) is 2.79. The number of rotatable bonds is 5. The highest BCUT2D eigenvalue weighted by Gasteiger charge is 2.24. The van der Waals surface area contributed by atoms with Crippen molar-refractivity contribution in [2.45, 2.75) is 39.2 Å². The van der Waals surface area contributed by atoms with Gasteiger partial charge in [-0.1, -0.05) is 0 Å². The molecule has 2 N–H and O–H groups in total. The lowest BCUT2D eigenvalue weighted by Crippen LogP contribution is -2.41. The van der Waals surface area contributed by atoms with Crippen LogP contribution in [0.3, 0.4) is 0 Å². The van der Waals surface area contributed by atoms with E-state index in [2.05, 4.69) is 18.8 Å². The average Bonchev–Trinajstić information content (AvgIpc) is 2.89. The van der Waals surface area contributed by atoms with Crippen molar-refractivity contribution in [2.75, 3.05) is 26.3 Å². The largest absolute Gasteiger partial charge is 0.396 e. The van der Waals surface area contributed by atoms with Crippen molar-refractivity contribution < 1.29 is 14.6 Å². The number of carbonyl (C=O) groups excluding carboxylic acids is 1. The van der Waals surface area contributed by atoms with Gasteiger partial charge in [0.15, 0.2) is 0 Å². The second-order valence-electron chi connectivity index (χ2n) is 6.57. The van der Waals surface area contributed by atoms with E-state index in [1.807, 2.05) is 23.1 Å². The zero-order chi connectivity index (χ0) is 17.1. The average molecular weight is 330 g/mol. The lowest BCUT2D eigenvalue weighted by Gasteiger charge is -2.32. The number of H-pyrrole nitrogens is 1. The van der Waals surface area contributed by atoms with E-state index in [1.54, 1.807) is 0 Å². The van der Waals surface area contributed by atoms with Gasteiger partial charge in [-0.05, 0) is 56.9 Å². The van der Waals surface area contributed by atoms with Crippen LogP contribution >= 0.6 is 0 Å². The highest BCUT2D eigenvalue weighted by molar-refractivity contribution is 5.99. The van der Waals surface area contributed by atoms with Crippen LogP contribution in [-0.2, 0) is 4.74 Å². The van der Waals surface area contributed by atoms with Gasteiger partial charge < -0.3 is 19.7 Å². The molecule has 24 heavy (non-hydrogen) atoms. The van der Waals surface area contributed by atoms with Crippen LogP contribution in [0.5, 0.6) is 0 Å². The molecule has 0 bridgehead atoms. The topological polar surface area (TPSA) is 65.6 Å². The number of aliphatic hydroxyl groups excluding tert-OH is 1. The Hall–Kier alpha value is -1.85. The molecule has 130 valence electrons. The summed E-state index contributed by atoms with van der Waals surface area (Å²) in [6, 6.07) is 5.90. The number of nitrogens with zero attached hydrogens (tertiary/aromatic N) is 1. The maximum Gasteiger partial charge on any atom is 0.253 e. The molecule has 1 aliphatic heterocycles. The number of carbonyl (C=O) groups is 1. The first-order chi connectivity index (χ1) is 11.6. The highest BCUT2D eigenvalue weighted by atomic mass is 16.5. The van der Waals surface area contributed by atoms with Crippen LogP contribution < -0.4 is 0 Å². The van der Waals surface area contributed by atoms with Crippen LogP contribution in [0.15, 0.2) is 18.2 Å². The molecule has 1 amide bonds. The number of benzene rings is 1. The summed E-state index contributed by atoms with van der Waals surface area (Å²) in [5.74, 6) is 0.101. The molecule has 0 unspecified atom stereocenters. The fraction of sp³-hybridized carbons (Fsp3) is 0.526. The fourth-order valence-electron chi connectivity index (χ4n) is 3.32. The van der Waals surface area contributed by atoms with Gasteiger partial charge in [-0.2, -0.15) is 0 Å². The quantitative estimate of drug-likeness (QED) is 0.829. The van der Waals surface area contributed by atoms with Crippen LogP contribution in [0.2, 0.25) is 0 Å². The highest BCUT2D eigenvalue weighted by Crippen LogP contribution is 2.24. The molecule has 1 aliphatic rings. The van der Waals surface area contributed by atoms with Gasteiger partial charge in [-0.25, -0.2) is 0 Å². The van der Waals surface area contributed by atoms with Crippen LogP contribution in [0.1, 0.15) is 40.9 Å². The predicted molar refractivity (Wildman–Crippen MR) is 94.4 cm³/mol. The van der Waals surface area contributed by atoms with E-state index >= 15 is 0 Å². The van der Waals surface area contributed by atoms with Gasteiger partial charge in [0.25, 0.3) is 5.91 Å². The Morgan fingerprint density at radius 2 is 2.08 bits per heavy atom. The molecule has 5 heteroatoms. The molecule has 1 fully saturated rings. The second kappa shape index (κ2) is 7.36. The van der Waals surface area contributed by atoms with Crippen molar-refractivity contribution in [1.82, 2.24) is 9.88 Å². The minimum Gasteiger partial charge on any atom is -0.396 e. The third-order valence-corrected chi connectivity index (χ3v) is 4.94. The van der Waals surface area contributed by atoms with Gasteiger partial charge in [0, 0.05) is 48.5 Å². The number of aromatic nitrogens is 1. The molecule has 3 rings (SSSR count). The Bertz CT molecular complexity index is 715. The number of likely N-dealkylation sites (tertiary alicyclic amines) is 1. The number of hydrogen-bond donors (Lipinski definition) is 2. The van der Waals surface area contributed by atoms with Crippen molar-refractivity contribution in [1.29, 1.82) is 0 Å². The van der Waals surface area contributed by atoms with E-state index in [9.17, 15) is 4.79 Å². The first-order valence-corrected chi connectivity index (χ1v) is 8.71. The molecule has 1 aromatic heterocycles. The van der Waals surface area contributed by atoms with Crippen molar-refractivity contribution >= 4 is 16.8 Å². The van der Waals surface area contributed by atoms with Gasteiger partial charge in [-0.3, -0.25) is 4.79 Å². The minimum atomic E-state index is 0.101. The number of hydrogen-bond acceptors (Lipinski definition) is 3. The minimum absolute atomic E-state index is 0.101. The Kier molecular flexibility index (Phi) is 5.21. The number of aryl methyl sites for hydroxylation is 2. The Balaban J connectivity index is 1.64. The number of ether oxygens (including phenoxy) is 1. The molecule has 5 nitrogen and oxygen atoms in total. The normalized spacial score (nSPS) is 16.0. The molecule has 2 aromatic rings. The zero-order valence-corrected chi connectivity index (χ0v) is 14.5. The van der Waals surface area contributed by atoms with Gasteiger partial charge in [0.05, 0.1) is 6.10 Å². The summed E-state index contributed by atoms with van der Waals surface area (Å²) in [5, 5.41) is 9.92. The number of amides is 1. The van der Waals surface area contributed by atoms with Gasteiger partial charge in [0.1, 0.15) is 0 Å². The Morgan fingerprint density at radius 1 is 1.33 bits per heavy atom. The molecule has 1 aromatic carbocycles. The fourth-order valence-corrected chi connectivity index (χ4v) is 3.32. The Labute approximate surface area is 142 Å². The molecule has 0 aliphatic carbocycles. The lowest BCUT2D eigenvalue weighted by atomic mass is 10.0. The number of nitrogens with one attached hydrogen (secondary N) is 1. The molecule has 0 atom stereocenters. The molecule has 2 heterocycles. The third kappa shape index (κ3) is 3.47. The van der Waals surface area contributed by atoms with Gasteiger partial charge >= 0.3 is 0 Å². The summed E-state index contributed by atoms with van der Waals surface area (Å²) in [5.41, 5.74) is 4.19. The van der Waals surface area contributed by atoms with Crippen molar-refractivity contribution in [2.24, 2.45) is 0 Å². The smallest absolute Gasteiger partial charge is 0.253 e. The van der Waals surface area contributed by atoms with E-state index in [1.165, 1.54) is 5.56 Å². The van der Waals surface area contributed by atoms with E-state index in [0.29, 0.717) is 13.0 Å². The van der Waals surface area contributed by atoms with Crippen molar-refractivity contribution in [3.05, 3.63) is 35.0 Å². The first-order valence-electron chi connectivity index (χ1n) is 8.71. The monoisotopic (exact) mass is 330 g/mol. The molecule has 1 saturated heterocycles. The summed E-state index contributed by atoms with van der Waals surface area (Å²) in [6.07, 6.45) is 2.61. The number of aromatic amines is 1. The summed E-state index contributed by atoms with van der Waals surface area (Å²) in [4.78, 5) is 18.0. The van der Waals surface area contributed by atoms with E-state index in [0.717, 1.165) is 48.1 Å². The SMILES string of the molecule is Cc1[nH]c2ccc(C(=O)N3CCC(OCCCO)CC3)cc2c1C. The Morgan fingerprint density at radius 3 is 2.79 bits per heavy atom. The molecule has 0 saturated carbocycles. The van der Waals surface area contributed by atoms with E-state index in [-0.39, 0.29) is 18.6 Å². The maximum atomic E-state index is 12.8. The zero-order valence-electron chi connectivity index (χ0n) is 14.5. The summed E-state index contributed by atoms with van der Waals surface area (Å²) < 4.78 is 5.73. The van der Waals surface area contributed by atoms with E-state index < -0.39 is 0 Å². The second-order valence-corrected chi connectivity index (χ2v) is 6.57. The first kappa shape index (κ1) is 17.0. The van der Waals surface area contributed by atoms with Crippen molar-refractivity contribution in [3.8, 4) is 0 Å².